The molecule has 0 bridgehead atoms. The van der Waals surface area contributed by atoms with E-state index in [-0.39, 0.29) is 22.5 Å². The first-order valence-corrected chi connectivity index (χ1v) is 9.91. The Morgan fingerprint density at radius 2 is 1.30 bits per heavy atom. The van der Waals surface area contributed by atoms with E-state index >= 15 is 0 Å². The van der Waals surface area contributed by atoms with Crippen LogP contribution >= 0.6 is 23.2 Å². The Balaban J connectivity index is 0.000000303. The fourth-order valence-electron chi connectivity index (χ4n) is 2.40. The van der Waals surface area contributed by atoms with Crippen LogP contribution in [0.15, 0.2) is 12.1 Å². The van der Waals surface area contributed by atoms with Gasteiger partial charge >= 0.3 is 11.9 Å². The van der Waals surface area contributed by atoms with Gasteiger partial charge in [0.15, 0.2) is 0 Å². The maximum atomic E-state index is 11.7. The van der Waals surface area contributed by atoms with Gasteiger partial charge in [-0.25, -0.2) is 19.6 Å². The van der Waals surface area contributed by atoms with E-state index in [1.54, 1.807) is 33.8 Å². The number of carbonyl (C=O) groups excluding carboxylic acids is 1. The Kier molecular flexibility index (Phi) is 10.3. The van der Waals surface area contributed by atoms with E-state index in [2.05, 4.69) is 9.97 Å². The number of ether oxygens (including phenoxy) is 3. The molecule has 30 heavy (non-hydrogen) atoms. The number of aromatic nitrogens is 2. The lowest BCUT2D eigenvalue weighted by atomic mass is 10.1. The summed E-state index contributed by atoms with van der Waals surface area (Å²) in [5, 5.41) is 9.43. The van der Waals surface area contributed by atoms with Gasteiger partial charge in [-0.15, -0.1) is 0 Å². The van der Waals surface area contributed by atoms with Crippen molar-refractivity contribution in [1.29, 1.82) is 0 Å². The number of carboxylic acids is 1. The minimum absolute atomic E-state index is 0.0660. The molecule has 0 fully saturated rings. The summed E-state index contributed by atoms with van der Waals surface area (Å²) in [5.74, 6) is -1.20. The van der Waals surface area contributed by atoms with Crippen LogP contribution in [0.2, 0.25) is 10.3 Å². The summed E-state index contributed by atoms with van der Waals surface area (Å²) in [4.78, 5) is 30.3. The maximum Gasteiger partial charge on any atom is 0.343 e. The predicted octanol–water partition coefficient (Wildman–Crippen LogP) is 4.76. The molecular weight excluding hydrogens is 435 g/mol. The first kappa shape index (κ1) is 25.5. The van der Waals surface area contributed by atoms with Gasteiger partial charge < -0.3 is 19.3 Å². The number of carboxylic acid groups (broad SMARTS) is 1. The molecule has 10 heteroatoms. The lowest BCUT2D eigenvalue weighted by Gasteiger charge is -2.11. The molecule has 0 saturated heterocycles. The van der Waals surface area contributed by atoms with Crippen molar-refractivity contribution in [2.75, 3.05) is 19.8 Å². The Labute approximate surface area is 185 Å². The molecule has 2 rings (SSSR count). The Morgan fingerprint density at radius 3 is 1.70 bits per heavy atom. The number of aryl methyl sites for hydroxylation is 2. The van der Waals surface area contributed by atoms with Crippen molar-refractivity contribution in [3.63, 3.8) is 0 Å². The van der Waals surface area contributed by atoms with Gasteiger partial charge in [0, 0.05) is 0 Å². The monoisotopic (exact) mass is 458 g/mol. The zero-order valence-electron chi connectivity index (χ0n) is 17.4. The second-order valence-corrected chi connectivity index (χ2v) is 6.55. The Bertz CT molecular complexity index is 905. The number of hydrogen-bond donors (Lipinski definition) is 1. The van der Waals surface area contributed by atoms with Crippen molar-refractivity contribution in [1.82, 2.24) is 9.97 Å². The van der Waals surface area contributed by atoms with Gasteiger partial charge in [-0.1, -0.05) is 23.2 Å². The fraction of sp³-hybridized carbons (Fsp3) is 0.400. The molecule has 0 radical (unpaired) electrons. The first-order chi connectivity index (χ1) is 14.2. The summed E-state index contributed by atoms with van der Waals surface area (Å²) in [6, 6.07) is 3.10. The van der Waals surface area contributed by atoms with Gasteiger partial charge in [-0.05, 0) is 57.9 Å². The van der Waals surface area contributed by atoms with Crippen molar-refractivity contribution in [3.8, 4) is 11.8 Å². The minimum Gasteiger partial charge on any atom is -0.477 e. The molecule has 2 heterocycles. The van der Waals surface area contributed by atoms with E-state index in [0.717, 1.165) is 0 Å². The highest BCUT2D eigenvalue weighted by Gasteiger charge is 2.19. The zero-order chi connectivity index (χ0) is 22.8. The predicted molar refractivity (Wildman–Crippen MR) is 113 cm³/mol. The van der Waals surface area contributed by atoms with Crippen LogP contribution in [0.5, 0.6) is 11.8 Å². The molecule has 0 unspecified atom stereocenters. The number of pyridine rings is 2. The Hall–Kier alpha value is -2.58. The lowest BCUT2D eigenvalue weighted by molar-refractivity contribution is 0.0519. The standard InChI is InChI=1S/C11H14ClNO3.C9H10ClNO3/c1-4-15-10-9(11(14)16-5-2)7(3)6-8(12)13-10;1-3-14-8-7(9(12)13)5(2)4-6(10)11-8/h6H,4-5H2,1-3H3;4H,3H2,1-2H3,(H,12,13). The smallest absolute Gasteiger partial charge is 0.343 e. The van der Waals surface area contributed by atoms with Gasteiger partial charge in [0.1, 0.15) is 21.4 Å². The third-order valence-corrected chi connectivity index (χ3v) is 3.95. The third kappa shape index (κ3) is 7.03. The molecule has 0 aliphatic rings. The highest BCUT2D eigenvalue weighted by atomic mass is 35.5. The van der Waals surface area contributed by atoms with Crippen LogP contribution in [0, 0.1) is 13.8 Å². The van der Waals surface area contributed by atoms with Crippen LogP contribution in [-0.4, -0.2) is 46.8 Å². The highest BCUT2D eigenvalue weighted by molar-refractivity contribution is 6.30. The molecule has 0 aliphatic heterocycles. The van der Waals surface area contributed by atoms with E-state index < -0.39 is 11.9 Å². The lowest BCUT2D eigenvalue weighted by Crippen LogP contribution is -2.11. The van der Waals surface area contributed by atoms with E-state index in [0.29, 0.717) is 41.7 Å². The number of esters is 1. The average molecular weight is 459 g/mol. The molecule has 164 valence electrons. The number of carbonyl (C=O) groups is 2. The first-order valence-electron chi connectivity index (χ1n) is 9.16. The van der Waals surface area contributed by atoms with Crippen LogP contribution in [0.3, 0.4) is 0 Å². The highest BCUT2D eigenvalue weighted by Crippen LogP contribution is 2.24. The van der Waals surface area contributed by atoms with Gasteiger partial charge in [-0.3, -0.25) is 0 Å². The fourth-order valence-corrected chi connectivity index (χ4v) is 2.88. The van der Waals surface area contributed by atoms with E-state index in [1.165, 1.54) is 6.07 Å². The summed E-state index contributed by atoms with van der Waals surface area (Å²) in [6.07, 6.45) is 0. The maximum absolute atomic E-state index is 11.7. The third-order valence-electron chi connectivity index (χ3n) is 3.56. The van der Waals surface area contributed by atoms with Gasteiger partial charge in [0.05, 0.1) is 19.8 Å². The molecule has 1 N–H and O–H groups in total. The summed E-state index contributed by atoms with van der Waals surface area (Å²) < 4.78 is 15.3. The molecule has 2 aromatic rings. The quantitative estimate of drug-likeness (QED) is 0.467. The average Bonchev–Trinajstić information content (AvgIpc) is 2.61. The van der Waals surface area contributed by atoms with E-state index in [9.17, 15) is 9.59 Å². The van der Waals surface area contributed by atoms with Crippen LogP contribution in [0.1, 0.15) is 52.6 Å². The molecular formula is C20H24Cl2N2O6. The largest absolute Gasteiger partial charge is 0.477 e. The van der Waals surface area contributed by atoms with Crippen molar-refractivity contribution < 1.29 is 28.9 Å². The van der Waals surface area contributed by atoms with Crippen LogP contribution in [0.4, 0.5) is 0 Å². The van der Waals surface area contributed by atoms with Crippen LogP contribution in [0.25, 0.3) is 0 Å². The summed E-state index contributed by atoms with van der Waals surface area (Å²) in [6.45, 7) is 9.81. The van der Waals surface area contributed by atoms with Crippen LogP contribution in [-0.2, 0) is 4.74 Å². The number of halogens is 2. The Morgan fingerprint density at radius 1 is 0.867 bits per heavy atom. The summed E-state index contributed by atoms with van der Waals surface area (Å²) in [5.41, 5.74) is 1.65. The molecule has 0 aromatic carbocycles. The van der Waals surface area contributed by atoms with E-state index in [4.69, 9.17) is 42.5 Å². The minimum atomic E-state index is -1.06. The number of aromatic carboxylic acids is 1. The molecule has 0 saturated carbocycles. The number of rotatable bonds is 7. The molecule has 0 spiro atoms. The number of hydrogen-bond acceptors (Lipinski definition) is 7. The molecule has 0 atom stereocenters. The van der Waals surface area contributed by atoms with E-state index in [1.807, 2.05) is 6.92 Å². The second-order valence-electron chi connectivity index (χ2n) is 5.78. The van der Waals surface area contributed by atoms with Gasteiger partial charge in [0.2, 0.25) is 11.8 Å². The molecule has 8 nitrogen and oxygen atoms in total. The normalized spacial score (nSPS) is 9.97. The van der Waals surface area contributed by atoms with Crippen LogP contribution < -0.4 is 9.47 Å². The van der Waals surface area contributed by atoms with Crippen molar-refractivity contribution in [3.05, 3.63) is 44.7 Å². The van der Waals surface area contributed by atoms with Gasteiger partial charge in [-0.2, -0.15) is 0 Å². The summed E-state index contributed by atoms with van der Waals surface area (Å²) in [7, 11) is 0. The molecule has 2 aromatic heterocycles. The van der Waals surface area contributed by atoms with Gasteiger partial charge in [0.25, 0.3) is 0 Å². The second kappa shape index (κ2) is 12.2. The molecule has 0 aliphatic carbocycles. The summed E-state index contributed by atoms with van der Waals surface area (Å²) >= 11 is 11.5. The van der Waals surface area contributed by atoms with Crippen molar-refractivity contribution in [2.24, 2.45) is 0 Å². The zero-order valence-corrected chi connectivity index (χ0v) is 18.9. The SMILES string of the molecule is CCOC(=O)c1c(C)cc(Cl)nc1OCC.CCOc1nc(Cl)cc(C)c1C(=O)O. The van der Waals surface area contributed by atoms with Crippen molar-refractivity contribution >= 4 is 35.1 Å². The topological polar surface area (TPSA) is 108 Å². The number of nitrogens with zero attached hydrogens (tertiary/aromatic N) is 2. The molecule has 0 amide bonds. The van der Waals surface area contributed by atoms with Crippen molar-refractivity contribution in [2.45, 2.75) is 34.6 Å².